The third-order valence-corrected chi connectivity index (χ3v) is 2.00. The second kappa shape index (κ2) is 4.25. The lowest BCUT2D eigenvalue weighted by Gasteiger charge is -2.31. The highest BCUT2D eigenvalue weighted by Gasteiger charge is 2.33. The Balaban J connectivity index is 2.47. The summed E-state index contributed by atoms with van der Waals surface area (Å²) in [5.41, 5.74) is 4.85. The van der Waals surface area contributed by atoms with Gasteiger partial charge in [0.25, 0.3) is 0 Å². The molecular formula is C7H12N2O5. The van der Waals surface area contributed by atoms with Crippen molar-refractivity contribution in [1.29, 1.82) is 0 Å². The molecule has 5 N–H and O–H groups in total. The Labute approximate surface area is 79.8 Å². The van der Waals surface area contributed by atoms with Crippen LogP contribution in [0, 0.1) is 0 Å². The van der Waals surface area contributed by atoms with Crippen molar-refractivity contribution >= 4 is 12.0 Å². The molecule has 0 bridgehead atoms. The zero-order valence-electron chi connectivity index (χ0n) is 7.34. The molecule has 0 aliphatic carbocycles. The van der Waals surface area contributed by atoms with Gasteiger partial charge < -0.3 is 26.0 Å². The molecular weight excluding hydrogens is 192 g/mol. The summed E-state index contributed by atoms with van der Waals surface area (Å²) >= 11 is 0. The molecule has 1 rings (SSSR count). The quantitative estimate of drug-likeness (QED) is 0.425. The number of carboxylic acid groups (broad SMARTS) is 1. The predicted molar refractivity (Wildman–Crippen MR) is 44.5 cm³/mol. The number of primary amides is 1. The van der Waals surface area contributed by atoms with Crippen molar-refractivity contribution in [2.75, 3.05) is 6.61 Å². The van der Waals surface area contributed by atoms with E-state index in [2.05, 4.69) is 5.32 Å². The Kier molecular flexibility index (Phi) is 3.26. The fourth-order valence-corrected chi connectivity index (χ4v) is 1.28. The van der Waals surface area contributed by atoms with E-state index in [9.17, 15) is 14.7 Å². The van der Waals surface area contributed by atoms with E-state index in [4.69, 9.17) is 15.6 Å². The molecule has 0 radical (unpaired) electrons. The Morgan fingerprint density at radius 3 is 2.57 bits per heavy atom. The minimum atomic E-state index is -1.12. The van der Waals surface area contributed by atoms with Crippen molar-refractivity contribution in [1.82, 2.24) is 5.32 Å². The van der Waals surface area contributed by atoms with Gasteiger partial charge >= 0.3 is 12.0 Å². The molecule has 1 fully saturated rings. The predicted octanol–water partition coefficient (Wildman–Crippen LogP) is -1.74. The summed E-state index contributed by atoms with van der Waals surface area (Å²) < 4.78 is 4.89. The van der Waals surface area contributed by atoms with Gasteiger partial charge in [0, 0.05) is 6.42 Å². The summed E-state index contributed by atoms with van der Waals surface area (Å²) in [5.74, 6) is -1.12. The summed E-state index contributed by atoms with van der Waals surface area (Å²) in [6.45, 7) is -0.0545. The van der Waals surface area contributed by atoms with Crippen LogP contribution in [0.2, 0.25) is 0 Å². The standard InChI is InChI=1S/C7H12N2O5/c8-7(13)9-3-2-14-5(6(11)12)1-4(3)10/h3-5,10H,1-2H2,(H,11,12)(H3,8,9,13). The fraction of sp³-hybridized carbons (Fsp3) is 0.714. The van der Waals surface area contributed by atoms with Crippen LogP contribution in [0.3, 0.4) is 0 Å². The average Bonchev–Trinajstić information content (AvgIpc) is 2.07. The molecule has 7 heteroatoms. The maximum absolute atomic E-state index is 10.5. The van der Waals surface area contributed by atoms with Gasteiger partial charge in [-0.1, -0.05) is 0 Å². The molecule has 1 aliphatic heterocycles. The SMILES string of the molecule is NC(=O)NC1COC(C(=O)O)CC1O. The van der Waals surface area contributed by atoms with Gasteiger partial charge in [-0.25, -0.2) is 9.59 Å². The number of aliphatic carboxylic acids is 1. The van der Waals surface area contributed by atoms with Gasteiger partial charge in [-0.3, -0.25) is 0 Å². The van der Waals surface area contributed by atoms with E-state index in [1.165, 1.54) is 0 Å². The Morgan fingerprint density at radius 2 is 2.14 bits per heavy atom. The first kappa shape index (κ1) is 10.7. The molecule has 1 saturated heterocycles. The number of hydrogen-bond acceptors (Lipinski definition) is 4. The monoisotopic (exact) mass is 204 g/mol. The van der Waals surface area contributed by atoms with Gasteiger partial charge in [0.1, 0.15) is 0 Å². The number of aliphatic hydroxyl groups excluding tert-OH is 1. The van der Waals surface area contributed by atoms with E-state index in [1.807, 2.05) is 0 Å². The van der Waals surface area contributed by atoms with Gasteiger partial charge in [-0.2, -0.15) is 0 Å². The molecule has 1 heterocycles. The lowest BCUT2D eigenvalue weighted by Crippen LogP contribution is -2.54. The van der Waals surface area contributed by atoms with Crippen LogP contribution < -0.4 is 11.1 Å². The number of urea groups is 1. The van der Waals surface area contributed by atoms with Crippen LogP contribution in [0.4, 0.5) is 4.79 Å². The third kappa shape index (κ3) is 2.57. The van der Waals surface area contributed by atoms with Crippen LogP contribution in [-0.4, -0.2) is 47.1 Å². The Morgan fingerprint density at radius 1 is 1.50 bits per heavy atom. The lowest BCUT2D eigenvalue weighted by atomic mass is 10.0. The maximum Gasteiger partial charge on any atom is 0.332 e. The van der Waals surface area contributed by atoms with Crippen molar-refractivity contribution in [3.63, 3.8) is 0 Å². The van der Waals surface area contributed by atoms with Crippen LogP contribution in [0.25, 0.3) is 0 Å². The summed E-state index contributed by atoms with van der Waals surface area (Å²) in [6.07, 6.45) is -2.02. The summed E-state index contributed by atoms with van der Waals surface area (Å²) in [5, 5.41) is 20.3. The fourth-order valence-electron chi connectivity index (χ4n) is 1.28. The van der Waals surface area contributed by atoms with Crippen LogP contribution in [-0.2, 0) is 9.53 Å². The van der Waals surface area contributed by atoms with Crippen LogP contribution in [0.1, 0.15) is 6.42 Å². The number of ether oxygens (including phenoxy) is 1. The molecule has 14 heavy (non-hydrogen) atoms. The van der Waals surface area contributed by atoms with Crippen molar-refractivity contribution in [2.24, 2.45) is 5.73 Å². The molecule has 1 aliphatic rings. The van der Waals surface area contributed by atoms with E-state index < -0.39 is 30.3 Å². The summed E-state index contributed by atoms with van der Waals surface area (Å²) in [4.78, 5) is 20.9. The van der Waals surface area contributed by atoms with Crippen LogP contribution >= 0.6 is 0 Å². The number of nitrogens with two attached hydrogens (primary N) is 1. The number of aliphatic hydroxyl groups is 1. The number of amides is 2. The normalized spacial score (nSPS) is 32.2. The van der Waals surface area contributed by atoms with E-state index in [1.54, 1.807) is 0 Å². The molecule has 7 nitrogen and oxygen atoms in total. The molecule has 3 unspecified atom stereocenters. The summed E-state index contributed by atoms with van der Waals surface area (Å²) in [7, 11) is 0. The first-order valence-corrected chi connectivity index (χ1v) is 4.09. The number of rotatable bonds is 2. The molecule has 3 atom stereocenters. The smallest absolute Gasteiger partial charge is 0.332 e. The minimum Gasteiger partial charge on any atom is -0.479 e. The number of carboxylic acids is 1. The van der Waals surface area contributed by atoms with E-state index >= 15 is 0 Å². The maximum atomic E-state index is 10.5. The first-order chi connectivity index (χ1) is 6.50. The molecule has 0 aromatic carbocycles. The lowest BCUT2D eigenvalue weighted by molar-refractivity contribution is -0.159. The topological polar surface area (TPSA) is 122 Å². The zero-order chi connectivity index (χ0) is 10.7. The molecule has 2 amide bonds. The van der Waals surface area contributed by atoms with Crippen LogP contribution in [0.5, 0.6) is 0 Å². The Hall–Kier alpha value is -1.34. The highest BCUT2D eigenvalue weighted by molar-refractivity contribution is 5.73. The van der Waals surface area contributed by atoms with Gasteiger partial charge in [0.2, 0.25) is 0 Å². The zero-order valence-corrected chi connectivity index (χ0v) is 7.34. The highest BCUT2D eigenvalue weighted by Crippen LogP contribution is 2.14. The number of carbonyl (C=O) groups excluding carboxylic acids is 1. The molecule has 0 saturated carbocycles. The molecule has 0 aromatic rings. The van der Waals surface area contributed by atoms with Gasteiger partial charge in [0.05, 0.1) is 18.8 Å². The minimum absolute atomic E-state index is 0.0545. The number of hydrogen-bond donors (Lipinski definition) is 4. The van der Waals surface area contributed by atoms with Crippen molar-refractivity contribution < 1.29 is 24.5 Å². The molecule has 0 spiro atoms. The number of nitrogens with one attached hydrogen (secondary N) is 1. The molecule has 80 valence electrons. The van der Waals surface area contributed by atoms with Gasteiger partial charge in [0.15, 0.2) is 6.10 Å². The second-order valence-electron chi connectivity index (χ2n) is 3.08. The summed E-state index contributed by atoms with van der Waals surface area (Å²) in [6, 6.07) is -1.41. The number of carbonyl (C=O) groups is 2. The third-order valence-electron chi connectivity index (χ3n) is 2.00. The average molecular weight is 204 g/mol. The first-order valence-electron chi connectivity index (χ1n) is 4.09. The van der Waals surface area contributed by atoms with Gasteiger partial charge in [-0.15, -0.1) is 0 Å². The van der Waals surface area contributed by atoms with Gasteiger partial charge in [-0.05, 0) is 0 Å². The van der Waals surface area contributed by atoms with E-state index in [0.29, 0.717) is 0 Å². The van der Waals surface area contributed by atoms with E-state index in [-0.39, 0.29) is 13.0 Å². The van der Waals surface area contributed by atoms with Crippen LogP contribution in [0.15, 0.2) is 0 Å². The van der Waals surface area contributed by atoms with E-state index in [0.717, 1.165) is 0 Å². The van der Waals surface area contributed by atoms with Crippen molar-refractivity contribution in [2.45, 2.75) is 24.7 Å². The Bertz CT molecular complexity index is 244. The molecule has 0 aromatic heterocycles. The van der Waals surface area contributed by atoms with Crippen molar-refractivity contribution in [3.8, 4) is 0 Å². The largest absolute Gasteiger partial charge is 0.479 e. The van der Waals surface area contributed by atoms with Crippen molar-refractivity contribution in [3.05, 3.63) is 0 Å². The highest BCUT2D eigenvalue weighted by atomic mass is 16.5. The second-order valence-corrected chi connectivity index (χ2v) is 3.08.